The lowest BCUT2D eigenvalue weighted by molar-refractivity contribution is 0.0925. The van der Waals surface area contributed by atoms with E-state index in [0.717, 1.165) is 10.9 Å². The third-order valence-corrected chi connectivity index (χ3v) is 3.12. The third-order valence-electron chi connectivity index (χ3n) is 3.12. The maximum absolute atomic E-state index is 12.0. The van der Waals surface area contributed by atoms with Crippen LogP contribution >= 0.6 is 0 Å². The Bertz CT molecular complexity index is 712. The van der Waals surface area contributed by atoms with Crippen LogP contribution in [0.2, 0.25) is 0 Å². The molecule has 0 saturated heterocycles. The molecule has 2 aromatic heterocycles. The Hall–Kier alpha value is -2.62. The van der Waals surface area contributed by atoms with Crippen LogP contribution < -0.4 is 5.32 Å². The number of aromatic nitrogens is 1. The highest BCUT2D eigenvalue weighted by Crippen LogP contribution is 2.17. The van der Waals surface area contributed by atoms with Gasteiger partial charge in [-0.05, 0) is 24.6 Å². The molecule has 0 atom stereocenters. The molecule has 0 aliphatic heterocycles. The van der Waals surface area contributed by atoms with Gasteiger partial charge in [0.05, 0.1) is 6.20 Å². The second-order valence-corrected chi connectivity index (χ2v) is 4.69. The molecular formula is C16H14N2O2. The molecule has 0 fully saturated rings. The van der Waals surface area contributed by atoms with Gasteiger partial charge in [-0.1, -0.05) is 29.8 Å². The molecule has 0 unspecified atom stereocenters. The smallest absolute Gasteiger partial charge is 0.287 e. The summed E-state index contributed by atoms with van der Waals surface area (Å²) in [4.78, 5) is 16.0. The van der Waals surface area contributed by atoms with Crippen molar-refractivity contribution in [1.82, 2.24) is 10.3 Å². The zero-order valence-electron chi connectivity index (χ0n) is 11.1. The Morgan fingerprint density at radius 2 is 2.05 bits per heavy atom. The van der Waals surface area contributed by atoms with Crippen LogP contribution in [0, 0.1) is 6.92 Å². The van der Waals surface area contributed by atoms with E-state index in [1.807, 2.05) is 37.3 Å². The molecule has 2 heterocycles. The predicted molar refractivity (Wildman–Crippen MR) is 76.4 cm³/mol. The summed E-state index contributed by atoms with van der Waals surface area (Å²) in [5, 5.41) is 3.72. The van der Waals surface area contributed by atoms with Gasteiger partial charge in [0.2, 0.25) is 0 Å². The molecule has 4 nitrogen and oxygen atoms in total. The van der Waals surface area contributed by atoms with E-state index in [-0.39, 0.29) is 5.91 Å². The van der Waals surface area contributed by atoms with Gasteiger partial charge < -0.3 is 9.73 Å². The van der Waals surface area contributed by atoms with Crippen molar-refractivity contribution in [3.8, 4) is 0 Å². The highest BCUT2D eigenvalue weighted by Gasteiger charge is 2.11. The fraction of sp³-hybridized carbons (Fsp3) is 0.125. The number of aryl methyl sites for hydroxylation is 1. The van der Waals surface area contributed by atoms with E-state index >= 15 is 0 Å². The normalized spacial score (nSPS) is 10.7. The Balaban J connectivity index is 1.71. The maximum Gasteiger partial charge on any atom is 0.287 e. The molecule has 0 aliphatic carbocycles. The molecule has 100 valence electrons. The second-order valence-electron chi connectivity index (χ2n) is 4.69. The summed E-state index contributed by atoms with van der Waals surface area (Å²) in [6.07, 6.45) is 3.28. The van der Waals surface area contributed by atoms with Gasteiger partial charge in [0, 0.05) is 18.1 Å². The molecule has 0 bridgehead atoms. The first kappa shape index (κ1) is 12.4. The van der Waals surface area contributed by atoms with Gasteiger partial charge in [0.25, 0.3) is 5.91 Å². The Morgan fingerprint density at radius 3 is 2.80 bits per heavy atom. The molecule has 0 saturated carbocycles. The van der Waals surface area contributed by atoms with E-state index in [1.165, 1.54) is 5.56 Å². The average molecular weight is 266 g/mol. The van der Waals surface area contributed by atoms with Gasteiger partial charge in [0.15, 0.2) is 11.3 Å². The van der Waals surface area contributed by atoms with Crippen molar-refractivity contribution >= 4 is 16.9 Å². The van der Waals surface area contributed by atoms with Crippen molar-refractivity contribution in [1.29, 1.82) is 0 Å². The summed E-state index contributed by atoms with van der Waals surface area (Å²) >= 11 is 0. The molecule has 4 heteroatoms. The van der Waals surface area contributed by atoms with Crippen LogP contribution in [0.3, 0.4) is 0 Å². The molecule has 1 amide bonds. The summed E-state index contributed by atoms with van der Waals surface area (Å²) in [6, 6.07) is 11.6. The van der Waals surface area contributed by atoms with Gasteiger partial charge in [-0.3, -0.25) is 9.78 Å². The Labute approximate surface area is 116 Å². The largest absolute Gasteiger partial charge is 0.449 e. The number of nitrogens with zero attached hydrogens (tertiary/aromatic N) is 1. The number of rotatable bonds is 3. The molecule has 1 N–H and O–H groups in total. The van der Waals surface area contributed by atoms with Crippen molar-refractivity contribution < 1.29 is 9.21 Å². The standard InChI is InChI=1S/C16H14N2O2/c1-11-2-4-12(5-3-11)9-18-16(19)14-8-13-6-7-17-10-15(13)20-14/h2-8,10H,9H2,1H3,(H,18,19). The van der Waals surface area contributed by atoms with Gasteiger partial charge in [-0.15, -0.1) is 0 Å². The number of benzene rings is 1. The molecule has 3 rings (SSSR count). The molecule has 0 radical (unpaired) electrons. The molecule has 0 spiro atoms. The zero-order valence-corrected chi connectivity index (χ0v) is 11.1. The average Bonchev–Trinajstić information content (AvgIpc) is 2.90. The number of amides is 1. The monoisotopic (exact) mass is 266 g/mol. The zero-order chi connectivity index (χ0) is 13.9. The van der Waals surface area contributed by atoms with Gasteiger partial charge in [0.1, 0.15) is 0 Å². The topological polar surface area (TPSA) is 55.1 Å². The lowest BCUT2D eigenvalue weighted by Crippen LogP contribution is -2.22. The van der Waals surface area contributed by atoms with Gasteiger partial charge in [-0.25, -0.2) is 0 Å². The minimum atomic E-state index is -0.221. The lowest BCUT2D eigenvalue weighted by atomic mass is 10.1. The molecular weight excluding hydrogens is 252 g/mol. The van der Waals surface area contributed by atoms with E-state index in [0.29, 0.717) is 17.9 Å². The van der Waals surface area contributed by atoms with Crippen molar-refractivity contribution in [3.05, 3.63) is 65.7 Å². The van der Waals surface area contributed by atoms with Crippen molar-refractivity contribution in [3.63, 3.8) is 0 Å². The van der Waals surface area contributed by atoms with Crippen molar-refractivity contribution in [2.75, 3.05) is 0 Å². The minimum Gasteiger partial charge on any atom is -0.449 e. The van der Waals surface area contributed by atoms with Crippen molar-refractivity contribution in [2.45, 2.75) is 13.5 Å². The summed E-state index contributed by atoms with van der Waals surface area (Å²) in [6.45, 7) is 2.51. The quantitative estimate of drug-likeness (QED) is 0.792. The summed E-state index contributed by atoms with van der Waals surface area (Å²) in [5.41, 5.74) is 2.87. The number of hydrogen-bond donors (Lipinski definition) is 1. The van der Waals surface area contributed by atoms with Crippen LogP contribution in [0.1, 0.15) is 21.7 Å². The van der Waals surface area contributed by atoms with Crippen LogP contribution in [-0.2, 0) is 6.54 Å². The fourth-order valence-corrected chi connectivity index (χ4v) is 1.97. The second kappa shape index (κ2) is 5.17. The van der Waals surface area contributed by atoms with Crippen molar-refractivity contribution in [2.24, 2.45) is 0 Å². The van der Waals surface area contributed by atoms with Crippen LogP contribution in [-0.4, -0.2) is 10.9 Å². The van der Waals surface area contributed by atoms with E-state index in [4.69, 9.17) is 4.42 Å². The summed E-state index contributed by atoms with van der Waals surface area (Å²) in [7, 11) is 0. The van der Waals surface area contributed by atoms with Crippen LogP contribution in [0.4, 0.5) is 0 Å². The minimum absolute atomic E-state index is 0.221. The van der Waals surface area contributed by atoms with Gasteiger partial charge in [-0.2, -0.15) is 0 Å². The Kier molecular flexibility index (Phi) is 3.21. The highest BCUT2D eigenvalue weighted by molar-refractivity contribution is 5.95. The van der Waals surface area contributed by atoms with Crippen LogP contribution in [0.5, 0.6) is 0 Å². The predicted octanol–water partition coefficient (Wildman–Crippen LogP) is 3.07. The summed E-state index contributed by atoms with van der Waals surface area (Å²) < 4.78 is 5.46. The Morgan fingerprint density at radius 1 is 1.25 bits per heavy atom. The number of furan rings is 1. The third kappa shape index (κ3) is 2.54. The van der Waals surface area contributed by atoms with E-state index in [9.17, 15) is 4.79 Å². The van der Waals surface area contributed by atoms with Crippen LogP contribution in [0.25, 0.3) is 11.0 Å². The molecule has 3 aromatic rings. The number of carbonyl (C=O) groups is 1. The number of fused-ring (bicyclic) bond motifs is 1. The fourth-order valence-electron chi connectivity index (χ4n) is 1.97. The first-order valence-electron chi connectivity index (χ1n) is 6.40. The highest BCUT2D eigenvalue weighted by atomic mass is 16.3. The molecule has 1 aromatic carbocycles. The SMILES string of the molecule is Cc1ccc(CNC(=O)c2cc3ccncc3o2)cc1. The first-order valence-corrected chi connectivity index (χ1v) is 6.40. The first-order chi connectivity index (χ1) is 9.72. The summed E-state index contributed by atoms with van der Waals surface area (Å²) in [5.74, 6) is 0.0851. The lowest BCUT2D eigenvalue weighted by Gasteiger charge is -2.03. The van der Waals surface area contributed by atoms with E-state index in [1.54, 1.807) is 18.5 Å². The number of carbonyl (C=O) groups excluding carboxylic acids is 1. The van der Waals surface area contributed by atoms with Crippen LogP contribution in [0.15, 0.2) is 53.2 Å². The van der Waals surface area contributed by atoms with E-state index in [2.05, 4.69) is 10.3 Å². The molecule has 20 heavy (non-hydrogen) atoms. The maximum atomic E-state index is 12.0. The molecule has 0 aliphatic rings. The number of hydrogen-bond acceptors (Lipinski definition) is 3. The number of pyridine rings is 1. The number of nitrogens with one attached hydrogen (secondary N) is 1. The van der Waals surface area contributed by atoms with Gasteiger partial charge >= 0.3 is 0 Å². The van der Waals surface area contributed by atoms with E-state index < -0.39 is 0 Å².